The first-order valence-corrected chi connectivity index (χ1v) is 17.6. The van der Waals surface area contributed by atoms with Crippen molar-refractivity contribution in [1.29, 1.82) is 0 Å². The summed E-state index contributed by atoms with van der Waals surface area (Å²) in [5.74, 6) is 6.20. The predicted octanol–water partition coefficient (Wildman–Crippen LogP) is 6.80. The summed E-state index contributed by atoms with van der Waals surface area (Å²) in [5.41, 5.74) is 6.47. The third-order valence-electron chi connectivity index (χ3n) is 8.31. The van der Waals surface area contributed by atoms with Gasteiger partial charge in [-0.3, -0.25) is 4.79 Å². The molecule has 9 heteroatoms. The molecule has 0 aromatic heterocycles. The van der Waals surface area contributed by atoms with E-state index in [0.29, 0.717) is 25.1 Å². The average Bonchev–Trinajstić information content (AvgIpc) is 3.08. The summed E-state index contributed by atoms with van der Waals surface area (Å²) in [6.07, 6.45) is 5.59. The van der Waals surface area contributed by atoms with E-state index in [1.807, 2.05) is 66.7 Å². The van der Waals surface area contributed by atoms with Crippen LogP contribution in [0.3, 0.4) is 0 Å². The summed E-state index contributed by atoms with van der Waals surface area (Å²) in [4.78, 5) is 40.8. The Bertz CT molecular complexity index is 1640. The molecule has 1 aliphatic rings. The topological polar surface area (TPSA) is 109 Å². The van der Waals surface area contributed by atoms with E-state index in [-0.39, 0.29) is 12.5 Å². The number of fused-ring (bicyclic) bond motifs is 1. The fraction of sp³-hybridized carbons (Fsp3) is 0.439. The number of aryl methyl sites for hydroxylation is 1. The van der Waals surface area contributed by atoms with Crippen molar-refractivity contribution in [2.24, 2.45) is 0 Å². The maximum Gasteiger partial charge on any atom is 0.408 e. The molecule has 50 heavy (non-hydrogen) atoms. The molecule has 0 radical (unpaired) electrons. The number of benzene rings is 3. The number of carbonyl (C=O) groups is 3. The fourth-order valence-electron chi connectivity index (χ4n) is 5.87. The Labute approximate surface area is 297 Å². The molecule has 1 atom stereocenters. The third kappa shape index (κ3) is 12.9. The number of nitrogens with one attached hydrogen (secondary N) is 3. The molecule has 0 saturated heterocycles. The highest BCUT2D eigenvalue weighted by molar-refractivity contribution is 5.96. The second kappa shape index (κ2) is 18.8. The highest BCUT2D eigenvalue weighted by atomic mass is 16.6. The number of anilines is 1. The minimum atomic E-state index is -0.847. The Hall–Kier alpha value is -4.81. The van der Waals surface area contributed by atoms with E-state index in [2.05, 4.69) is 46.8 Å². The van der Waals surface area contributed by atoms with Gasteiger partial charge in [0.2, 0.25) is 5.91 Å². The lowest BCUT2D eigenvalue weighted by Gasteiger charge is -2.26. The molecule has 3 N–H and O–H groups in total. The molecular formula is C41H52N4O5. The van der Waals surface area contributed by atoms with Crippen molar-refractivity contribution in [3.8, 4) is 11.8 Å². The van der Waals surface area contributed by atoms with Crippen LogP contribution in [0.15, 0.2) is 66.7 Å². The number of rotatable bonds is 13. The highest BCUT2D eigenvalue weighted by Gasteiger charge is 2.27. The number of hydrogen-bond acceptors (Lipinski definition) is 6. The van der Waals surface area contributed by atoms with Crippen LogP contribution in [0.25, 0.3) is 0 Å². The first-order chi connectivity index (χ1) is 24.0. The van der Waals surface area contributed by atoms with Gasteiger partial charge in [0.05, 0.1) is 0 Å². The zero-order valence-electron chi connectivity index (χ0n) is 30.2. The Morgan fingerprint density at radius 1 is 0.880 bits per heavy atom. The normalized spacial score (nSPS) is 12.9. The van der Waals surface area contributed by atoms with Crippen LogP contribution in [0.4, 0.5) is 15.3 Å². The van der Waals surface area contributed by atoms with Crippen molar-refractivity contribution in [2.75, 3.05) is 32.5 Å². The molecule has 0 bridgehead atoms. The van der Waals surface area contributed by atoms with Crippen molar-refractivity contribution in [1.82, 2.24) is 15.5 Å². The van der Waals surface area contributed by atoms with Gasteiger partial charge in [0.25, 0.3) is 0 Å². The monoisotopic (exact) mass is 680 g/mol. The number of ether oxygens (including phenoxy) is 2. The Kier molecular flexibility index (Phi) is 14.3. The van der Waals surface area contributed by atoms with Gasteiger partial charge in [-0.2, -0.15) is 0 Å². The predicted molar refractivity (Wildman–Crippen MR) is 198 cm³/mol. The number of carbonyl (C=O) groups excluding carboxylic acids is 3. The number of hydrogen-bond donors (Lipinski definition) is 3. The van der Waals surface area contributed by atoms with Crippen molar-refractivity contribution in [3.05, 3.63) is 100 Å². The van der Waals surface area contributed by atoms with E-state index in [9.17, 15) is 14.4 Å². The smallest absolute Gasteiger partial charge is 0.408 e. The summed E-state index contributed by atoms with van der Waals surface area (Å²) in [7, 11) is 4.13. The van der Waals surface area contributed by atoms with Crippen molar-refractivity contribution < 1.29 is 23.9 Å². The van der Waals surface area contributed by atoms with Crippen molar-refractivity contribution in [2.45, 2.75) is 90.4 Å². The Balaban J connectivity index is 1.42. The van der Waals surface area contributed by atoms with Gasteiger partial charge in [-0.25, -0.2) is 9.59 Å². The summed E-state index contributed by atoms with van der Waals surface area (Å²) >= 11 is 0. The quantitative estimate of drug-likeness (QED) is 0.135. The molecular weight excluding hydrogens is 628 g/mol. The molecule has 0 unspecified atom stereocenters. The first kappa shape index (κ1) is 38.0. The lowest BCUT2D eigenvalue weighted by Crippen LogP contribution is -2.47. The molecule has 0 fully saturated rings. The molecule has 4 rings (SSSR count). The van der Waals surface area contributed by atoms with Gasteiger partial charge in [-0.1, -0.05) is 60.4 Å². The molecule has 3 amide bonds. The van der Waals surface area contributed by atoms with Crippen LogP contribution in [0.2, 0.25) is 0 Å². The summed E-state index contributed by atoms with van der Waals surface area (Å²) in [6, 6.07) is 20.6. The van der Waals surface area contributed by atoms with Gasteiger partial charge < -0.3 is 30.3 Å². The van der Waals surface area contributed by atoms with Crippen LogP contribution in [0.1, 0.15) is 79.8 Å². The second-order valence-electron chi connectivity index (χ2n) is 14.0. The SMILES string of the molecule is CN(C)CCCc1ccc(NC(=O)[C@H](Cc2ccc(C#CCCNC(=O)OCc3ccccc3)c3c2CCCC3)NC(=O)OC(C)(C)C)cc1. The molecule has 1 aliphatic carbocycles. The van der Waals surface area contributed by atoms with Crippen LogP contribution in [0, 0.1) is 11.8 Å². The van der Waals surface area contributed by atoms with Crippen LogP contribution < -0.4 is 16.0 Å². The minimum Gasteiger partial charge on any atom is -0.445 e. The molecule has 266 valence electrons. The average molecular weight is 681 g/mol. The van der Waals surface area contributed by atoms with Gasteiger partial charge in [0, 0.05) is 30.6 Å². The Morgan fingerprint density at radius 2 is 1.60 bits per heavy atom. The lowest BCUT2D eigenvalue weighted by atomic mass is 9.83. The van der Waals surface area contributed by atoms with Gasteiger partial charge in [0.1, 0.15) is 18.2 Å². The third-order valence-corrected chi connectivity index (χ3v) is 8.31. The Morgan fingerprint density at radius 3 is 2.30 bits per heavy atom. The first-order valence-electron chi connectivity index (χ1n) is 17.6. The second-order valence-corrected chi connectivity index (χ2v) is 14.0. The van der Waals surface area contributed by atoms with Crippen LogP contribution in [0.5, 0.6) is 0 Å². The minimum absolute atomic E-state index is 0.219. The van der Waals surface area contributed by atoms with Crippen LogP contribution in [-0.2, 0) is 46.6 Å². The molecule has 0 heterocycles. The number of nitrogens with zero attached hydrogens (tertiary/aromatic N) is 1. The molecule has 3 aromatic carbocycles. The van der Waals surface area contributed by atoms with E-state index in [1.165, 1.54) is 16.7 Å². The van der Waals surface area contributed by atoms with Crippen molar-refractivity contribution in [3.63, 3.8) is 0 Å². The van der Waals surface area contributed by atoms with Gasteiger partial charge >= 0.3 is 12.2 Å². The zero-order valence-corrected chi connectivity index (χ0v) is 30.2. The van der Waals surface area contributed by atoms with Crippen LogP contribution >= 0.6 is 0 Å². The molecule has 3 aromatic rings. The van der Waals surface area contributed by atoms with E-state index < -0.39 is 23.8 Å². The molecule has 0 aliphatic heterocycles. The standard InChI is InChI=1S/C41H52N4O5/c1-41(2,3)50-40(48)44-37(38(46)43-34-24-20-30(21-25-34)16-13-27-45(4)5)28-33-23-22-32(35-18-9-10-19-36(33)35)17-11-12-26-42-39(47)49-29-31-14-7-6-8-15-31/h6-8,14-15,20-25,37H,9-10,12-13,16,18-19,26-29H2,1-5H3,(H,42,47)(H,43,46)(H,44,48)/t37-/m0/s1. The zero-order chi connectivity index (χ0) is 35.9. The highest BCUT2D eigenvalue weighted by Crippen LogP contribution is 2.29. The number of alkyl carbamates (subject to hydrolysis) is 2. The van der Waals surface area contributed by atoms with Gasteiger partial charge in [0.15, 0.2) is 0 Å². The number of amides is 3. The van der Waals surface area contributed by atoms with Gasteiger partial charge in [-0.05, 0) is 126 Å². The van der Waals surface area contributed by atoms with E-state index >= 15 is 0 Å². The van der Waals surface area contributed by atoms with Crippen LogP contribution in [-0.4, -0.2) is 61.8 Å². The largest absolute Gasteiger partial charge is 0.445 e. The maximum absolute atomic E-state index is 13.7. The fourth-order valence-corrected chi connectivity index (χ4v) is 5.87. The van der Waals surface area contributed by atoms with Crippen molar-refractivity contribution >= 4 is 23.8 Å². The lowest BCUT2D eigenvalue weighted by molar-refractivity contribution is -0.118. The van der Waals surface area contributed by atoms with E-state index in [0.717, 1.165) is 61.8 Å². The molecule has 9 nitrogen and oxygen atoms in total. The van der Waals surface area contributed by atoms with E-state index in [4.69, 9.17) is 9.47 Å². The molecule has 0 spiro atoms. The van der Waals surface area contributed by atoms with E-state index in [1.54, 1.807) is 20.8 Å². The summed E-state index contributed by atoms with van der Waals surface area (Å²) in [6.45, 7) is 7.01. The summed E-state index contributed by atoms with van der Waals surface area (Å²) < 4.78 is 10.8. The molecule has 0 saturated carbocycles. The maximum atomic E-state index is 13.7. The van der Waals surface area contributed by atoms with Gasteiger partial charge in [-0.15, -0.1) is 0 Å². The summed E-state index contributed by atoms with van der Waals surface area (Å²) in [5, 5.41) is 8.60.